The van der Waals surface area contributed by atoms with E-state index in [0.717, 1.165) is 35.4 Å². The summed E-state index contributed by atoms with van der Waals surface area (Å²) in [7, 11) is 0. The van der Waals surface area contributed by atoms with E-state index in [9.17, 15) is 9.59 Å². The molecule has 2 aliphatic rings. The molecule has 1 aromatic rings. The zero-order chi connectivity index (χ0) is 16.9. The molecule has 0 bridgehead atoms. The monoisotopic (exact) mass is 347 g/mol. The summed E-state index contributed by atoms with van der Waals surface area (Å²) in [5.41, 5.74) is 1.99. The molecule has 0 spiro atoms. The average Bonchev–Trinajstić information content (AvgIpc) is 2.57. The predicted octanol–water partition coefficient (Wildman–Crippen LogP) is 3.29. The van der Waals surface area contributed by atoms with E-state index in [2.05, 4.69) is 22.0 Å². The maximum atomic E-state index is 11.9. The molecule has 1 aromatic carbocycles. The van der Waals surface area contributed by atoms with Gasteiger partial charge in [0, 0.05) is 17.5 Å². The maximum absolute atomic E-state index is 11.9. The van der Waals surface area contributed by atoms with Gasteiger partial charge in [0.15, 0.2) is 0 Å². The van der Waals surface area contributed by atoms with Crippen LogP contribution in [0.15, 0.2) is 23.1 Å². The molecular formula is C18H25N3O2S. The number of benzene rings is 1. The number of anilines is 1. The summed E-state index contributed by atoms with van der Waals surface area (Å²) in [5.74, 6) is 0.0506. The van der Waals surface area contributed by atoms with Crippen LogP contribution < -0.4 is 16.0 Å². The predicted molar refractivity (Wildman–Crippen MR) is 97.5 cm³/mol. The van der Waals surface area contributed by atoms with E-state index >= 15 is 0 Å². The summed E-state index contributed by atoms with van der Waals surface area (Å²) in [6, 6.07) is 6.38. The first-order chi connectivity index (χ1) is 11.6. The molecule has 130 valence electrons. The molecule has 5 nitrogen and oxygen atoms in total. The van der Waals surface area contributed by atoms with Crippen LogP contribution in [0.1, 0.15) is 44.6 Å². The van der Waals surface area contributed by atoms with Crippen LogP contribution in [0.2, 0.25) is 0 Å². The van der Waals surface area contributed by atoms with E-state index in [1.54, 1.807) is 11.8 Å². The van der Waals surface area contributed by atoms with E-state index in [-0.39, 0.29) is 17.2 Å². The van der Waals surface area contributed by atoms with E-state index in [1.807, 2.05) is 19.1 Å². The van der Waals surface area contributed by atoms with Crippen molar-refractivity contribution in [2.75, 3.05) is 11.9 Å². The van der Waals surface area contributed by atoms with Gasteiger partial charge in [-0.05, 0) is 43.9 Å². The molecule has 3 amide bonds. The molecule has 0 saturated heterocycles. The number of rotatable bonds is 4. The number of thioether (sulfide) groups is 1. The standard InChI is InChI=1S/C18H25N3O2S/c1-12-17(22)21-15-11-13(7-8-16(15)24-12)9-10-19-18(23)20-14-5-3-2-4-6-14/h7-8,11-12,14H,2-6,9-10H2,1H3,(H,21,22)(H2,19,20,23). The highest BCUT2D eigenvalue weighted by Crippen LogP contribution is 2.35. The summed E-state index contributed by atoms with van der Waals surface area (Å²) in [4.78, 5) is 24.8. The number of amides is 3. The SMILES string of the molecule is CC1Sc2ccc(CCNC(=O)NC3CCCCC3)cc2NC1=O. The van der Waals surface area contributed by atoms with Gasteiger partial charge in [0.05, 0.1) is 10.9 Å². The molecule has 0 aromatic heterocycles. The average molecular weight is 347 g/mol. The first-order valence-corrected chi connectivity index (χ1v) is 9.64. The highest BCUT2D eigenvalue weighted by atomic mass is 32.2. The van der Waals surface area contributed by atoms with Gasteiger partial charge in [-0.1, -0.05) is 25.3 Å². The Morgan fingerprint density at radius 3 is 2.88 bits per heavy atom. The van der Waals surface area contributed by atoms with Gasteiger partial charge >= 0.3 is 6.03 Å². The van der Waals surface area contributed by atoms with Crippen molar-refractivity contribution in [1.29, 1.82) is 0 Å². The molecule has 0 radical (unpaired) electrons. The summed E-state index contributed by atoms with van der Waals surface area (Å²) in [6.45, 7) is 2.50. The van der Waals surface area contributed by atoms with Gasteiger partial charge in [0.25, 0.3) is 0 Å². The van der Waals surface area contributed by atoms with Crippen LogP contribution in [-0.4, -0.2) is 29.8 Å². The van der Waals surface area contributed by atoms with Crippen LogP contribution >= 0.6 is 11.8 Å². The molecule has 24 heavy (non-hydrogen) atoms. The van der Waals surface area contributed by atoms with Crippen LogP contribution in [0.25, 0.3) is 0 Å². The third-order valence-corrected chi connectivity index (χ3v) is 5.79. The Bertz CT molecular complexity index is 614. The number of nitrogens with one attached hydrogen (secondary N) is 3. The molecule has 1 atom stereocenters. The van der Waals surface area contributed by atoms with Gasteiger partial charge in [0.1, 0.15) is 0 Å². The minimum atomic E-state index is -0.0717. The number of hydrogen-bond acceptors (Lipinski definition) is 3. The quantitative estimate of drug-likeness (QED) is 0.783. The number of carbonyl (C=O) groups is 2. The molecule has 1 fully saturated rings. The van der Waals surface area contributed by atoms with Crippen molar-refractivity contribution in [2.24, 2.45) is 0 Å². The maximum Gasteiger partial charge on any atom is 0.315 e. The van der Waals surface area contributed by atoms with E-state index in [0.29, 0.717) is 12.6 Å². The number of hydrogen-bond donors (Lipinski definition) is 3. The van der Waals surface area contributed by atoms with Crippen molar-refractivity contribution >= 4 is 29.4 Å². The molecule has 1 heterocycles. The van der Waals surface area contributed by atoms with Gasteiger partial charge in [-0.25, -0.2) is 4.79 Å². The van der Waals surface area contributed by atoms with Crippen molar-refractivity contribution in [3.05, 3.63) is 23.8 Å². The Hall–Kier alpha value is -1.69. The lowest BCUT2D eigenvalue weighted by atomic mass is 9.96. The van der Waals surface area contributed by atoms with E-state index < -0.39 is 0 Å². The van der Waals surface area contributed by atoms with E-state index in [4.69, 9.17) is 0 Å². The van der Waals surface area contributed by atoms with Crippen LogP contribution in [0, 0.1) is 0 Å². The molecule has 1 saturated carbocycles. The van der Waals surface area contributed by atoms with Crippen molar-refractivity contribution in [1.82, 2.24) is 10.6 Å². The second-order valence-electron chi connectivity index (χ2n) is 6.57. The Kier molecular flexibility index (Phi) is 5.66. The van der Waals surface area contributed by atoms with Crippen LogP contribution in [-0.2, 0) is 11.2 Å². The zero-order valence-electron chi connectivity index (χ0n) is 14.1. The van der Waals surface area contributed by atoms with Crippen LogP contribution in [0.3, 0.4) is 0 Å². The second-order valence-corrected chi connectivity index (χ2v) is 7.95. The van der Waals surface area contributed by atoms with Gasteiger partial charge in [-0.2, -0.15) is 0 Å². The van der Waals surface area contributed by atoms with Crippen molar-refractivity contribution in [3.8, 4) is 0 Å². The molecular weight excluding hydrogens is 322 g/mol. The fourth-order valence-electron chi connectivity index (χ4n) is 3.22. The minimum absolute atomic E-state index is 0.0477. The molecule has 1 aliphatic carbocycles. The van der Waals surface area contributed by atoms with Crippen LogP contribution in [0.4, 0.5) is 10.5 Å². The Morgan fingerprint density at radius 1 is 1.29 bits per heavy atom. The lowest BCUT2D eigenvalue weighted by Gasteiger charge is -2.23. The summed E-state index contributed by atoms with van der Waals surface area (Å²) in [5, 5.41) is 8.88. The minimum Gasteiger partial charge on any atom is -0.338 e. The molecule has 3 N–H and O–H groups in total. The lowest BCUT2D eigenvalue weighted by molar-refractivity contribution is -0.115. The Labute approximate surface area is 147 Å². The third kappa shape index (κ3) is 4.44. The van der Waals surface area contributed by atoms with Gasteiger partial charge in [-0.3, -0.25) is 4.79 Å². The molecule has 6 heteroatoms. The van der Waals surface area contributed by atoms with Gasteiger partial charge in [0.2, 0.25) is 5.91 Å². The summed E-state index contributed by atoms with van der Waals surface area (Å²) in [6.07, 6.45) is 6.64. The fourth-order valence-corrected chi connectivity index (χ4v) is 4.15. The molecule has 1 aliphatic heterocycles. The lowest BCUT2D eigenvalue weighted by Crippen LogP contribution is -2.43. The smallest absolute Gasteiger partial charge is 0.315 e. The molecule has 1 unspecified atom stereocenters. The zero-order valence-corrected chi connectivity index (χ0v) is 14.9. The van der Waals surface area contributed by atoms with Crippen molar-refractivity contribution < 1.29 is 9.59 Å². The Balaban J connectivity index is 1.46. The van der Waals surface area contributed by atoms with Gasteiger partial charge < -0.3 is 16.0 Å². The number of fused-ring (bicyclic) bond motifs is 1. The molecule has 3 rings (SSSR count). The van der Waals surface area contributed by atoms with Gasteiger partial charge in [-0.15, -0.1) is 11.8 Å². The summed E-state index contributed by atoms with van der Waals surface area (Å²) >= 11 is 1.59. The fraction of sp³-hybridized carbons (Fsp3) is 0.556. The van der Waals surface area contributed by atoms with Crippen molar-refractivity contribution in [2.45, 2.75) is 61.6 Å². The Morgan fingerprint density at radius 2 is 2.08 bits per heavy atom. The third-order valence-electron chi connectivity index (χ3n) is 4.61. The summed E-state index contributed by atoms with van der Waals surface area (Å²) < 4.78 is 0. The highest BCUT2D eigenvalue weighted by Gasteiger charge is 2.22. The first-order valence-electron chi connectivity index (χ1n) is 8.76. The van der Waals surface area contributed by atoms with E-state index in [1.165, 1.54) is 19.3 Å². The number of urea groups is 1. The van der Waals surface area contributed by atoms with Crippen molar-refractivity contribution in [3.63, 3.8) is 0 Å². The second kappa shape index (κ2) is 7.92. The topological polar surface area (TPSA) is 70.2 Å². The normalized spacial score (nSPS) is 20.9. The van der Waals surface area contributed by atoms with Crippen LogP contribution in [0.5, 0.6) is 0 Å². The number of carbonyl (C=O) groups excluding carboxylic acids is 2. The largest absolute Gasteiger partial charge is 0.338 e. The highest BCUT2D eigenvalue weighted by molar-refractivity contribution is 8.00. The first kappa shape index (κ1) is 17.1.